The Balaban J connectivity index is 1.60. The molecule has 0 spiro atoms. The van der Waals surface area contributed by atoms with Gasteiger partial charge in [-0.15, -0.1) is 0 Å². The lowest BCUT2D eigenvalue weighted by atomic mass is 9.97. The SMILES string of the molecule is C[C@@H](NC(=O)C[C@H](C)C1CC1)c1ccc2c(c1)CCC(=O)N2. The highest BCUT2D eigenvalue weighted by atomic mass is 16.2. The number of carbonyl (C=O) groups excluding carboxylic acids is 2. The van der Waals surface area contributed by atoms with Crippen molar-refractivity contribution < 1.29 is 9.59 Å². The van der Waals surface area contributed by atoms with Crippen LogP contribution >= 0.6 is 0 Å². The third-order valence-corrected chi connectivity index (χ3v) is 4.84. The number of benzene rings is 1. The Bertz CT molecular complexity index is 593. The Morgan fingerprint density at radius 3 is 2.82 bits per heavy atom. The Labute approximate surface area is 131 Å². The minimum Gasteiger partial charge on any atom is -0.350 e. The maximum Gasteiger partial charge on any atom is 0.224 e. The topological polar surface area (TPSA) is 58.2 Å². The van der Waals surface area contributed by atoms with Gasteiger partial charge in [0.2, 0.25) is 11.8 Å². The van der Waals surface area contributed by atoms with Gasteiger partial charge in [-0.05, 0) is 55.2 Å². The van der Waals surface area contributed by atoms with E-state index in [4.69, 9.17) is 0 Å². The van der Waals surface area contributed by atoms with Crippen LogP contribution in [0.1, 0.15) is 56.7 Å². The first kappa shape index (κ1) is 15.1. The molecular formula is C18H24N2O2. The molecule has 2 N–H and O–H groups in total. The van der Waals surface area contributed by atoms with E-state index in [1.54, 1.807) is 0 Å². The summed E-state index contributed by atoms with van der Waals surface area (Å²) in [5, 5.41) is 5.99. The molecule has 22 heavy (non-hydrogen) atoms. The van der Waals surface area contributed by atoms with E-state index < -0.39 is 0 Å². The lowest BCUT2D eigenvalue weighted by molar-refractivity contribution is -0.122. The summed E-state index contributed by atoms with van der Waals surface area (Å²) in [5.41, 5.74) is 3.16. The number of hydrogen-bond donors (Lipinski definition) is 2. The molecule has 0 unspecified atom stereocenters. The van der Waals surface area contributed by atoms with Gasteiger partial charge in [-0.2, -0.15) is 0 Å². The Hall–Kier alpha value is -1.84. The summed E-state index contributed by atoms with van der Waals surface area (Å²) >= 11 is 0. The van der Waals surface area contributed by atoms with Gasteiger partial charge in [0.05, 0.1) is 6.04 Å². The highest BCUT2D eigenvalue weighted by Crippen LogP contribution is 2.38. The summed E-state index contributed by atoms with van der Waals surface area (Å²) in [6.45, 7) is 4.19. The summed E-state index contributed by atoms with van der Waals surface area (Å²) in [6, 6.07) is 6.03. The molecule has 1 aromatic carbocycles. The average molecular weight is 300 g/mol. The lowest BCUT2D eigenvalue weighted by Gasteiger charge is -2.21. The largest absolute Gasteiger partial charge is 0.350 e. The molecule has 2 atom stereocenters. The number of amides is 2. The van der Waals surface area contributed by atoms with E-state index in [1.807, 2.05) is 19.1 Å². The van der Waals surface area contributed by atoms with Crippen LogP contribution in [0.3, 0.4) is 0 Å². The Kier molecular flexibility index (Phi) is 4.19. The Morgan fingerprint density at radius 2 is 2.09 bits per heavy atom. The van der Waals surface area contributed by atoms with Crippen molar-refractivity contribution in [3.63, 3.8) is 0 Å². The van der Waals surface area contributed by atoms with Gasteiger partial charge in [0.1, 0.15) is 0 Å². The summed E-state index contributed by atoms with van der Waals surface area (Å²) in [5.74, 6) is 1.47. The first-order chi connectivity index (χ1) is 10.5. The molecule has 4 nitrogen and oxygen atoms in total. The third kappa shape index (κ3) is 3.49. The second-order valence-electron chi connectivity index (χ2n) is 6.77. The van der Waals surface area contributed by atoms with Crippen LogP contribution in [0.4, 0.5) is 5.69 Å². The molecule has 2 aliphatic rings. The standard InChI is InChI=1S/C18H24N2O2/c1-11(13-3-4-13)9-18(22)19-12(2)14-5-7-16-15(10-14)6-8-17(21)20-16/h5,7,10-13H,3-4,6,8-9H2,1-2H3,(H,19,22)(H,20,21)/t11-,12+/m0/s1. The fraction of sp³-hybridized carbons (Fsp3) is 0.556. The maximum atomic E-state index is 12.1. The summed E-state index contributed by atoms with van der Waals surface area (Å²) < 4.78 is 0. The molecule has 0 saturated heterocycles. The number of aryl methyl sites for hydroxylation is 1. The second kappa shape index (κ2) is 6.11. The van der Waals surface area contributed by atoms with Crippen LogP contribution in [0.25, 0.3) is 0 Å². The fourth-order valence-electron chi connectivity index (χ4n) is 3.18. The quantitative estimate of drug-likeness (QED) is 0.877. The minimum atomic E-state index is 0.00170. The summed E-state index contributed by atoms with van der Waals surface area (Å²) in [7, 11) is 0. The van der Waals surface area contributed by atoms with E-state index >= 15 is 0 Å². The van der Waals surface area contributed by atoms with Gasteiger partial charge in [-0.25, -0.2) is 0 Å². The molecule has 1 aromatic rings. The van der Waals surface area contributed by atoms with Crippen molar-refractivity contribution in [1.29, 1.82) is 0 Å². The van der Waals surface area contributed by atoms with Crippen LogP contribution < -0.4 is 10.6 Å². The van der Waals surface area contributed by atoms with Gasteiger partial charge in [0.15, 0.2) is 0 Å². The van der Waals surface area contributed by atoms with Crippen LogP contribution in [0.5, 0.6) is 0 Å². The van der Waals surface area contributed by atoms with Gasteiger partial charge in [0.25, 0.3) is 0 Å². The Morgan fingerprint density at radius 1 is 1.32 bits per heavy atom. The average Bonchev–Trinajstić information content (AvgIpc) is 3.31. The van der Waals surface area contributed by atoms with Gasteiger partial charge in [0, 0.05) is 18.5 Å². The lowest BCUT2D eigenvalue weighted by Crippen LogP contribution is -2.28. The molecule has 118 valence electrons. The normalized spacial score (nSPS) is 19.8. The smallest absolute Gasteiger partial charge is 0.224 e. The van der Waals surface area contributed by atoms with Crippen LogP contribution in [-0.4, -0.2) is 11.8 Å². The van der Waals surface area contributed by atoms with Crippen LogP contribution in [0.15, 0.2) is 18.2 Å². The highest BCUT2D eigenvalue weighted by molar-refractivity contribution is 5.93. The van der Waals surface area contributed by atoms with Gasteiger partial charge in [-0.3, -0.25) is 9.59 Å². The molecule has 1 aliphatic carbocycles. The van der Waals surface area contributed by atoms with Crippen LogP contribution in [0, 0.1) is 11.8 Å². The molecule has 1 aliphatic heterocycles. The molecule has 1 saturated carbocycles. The number of fused-ring (bicyclic) bond motifs is 1. The van der Waals surface area contributed by atoms with E-state index in [0.717, 1.165) is 29.2 Å². The summed E-state index contributed by atoms with van der Waals surface area (Å²) in [6.07, 6.45) is 4.49. The molecule has 3 rings (SSSR count). The van der Waals surface area contributed by atoms with E-state index in [2.05, 4.69) is 23.6 Å². The predicted octanol–water partition coefficient (Wildman–Crippen LogP) is 3.18. The van der Waals surface area contributed by atoms with E-state index in [0.29, 0.717) is 18.8 Å². The highest BCUT2D eigenvalue weighted by Gasteiger charge is 2.29. The van der Waals surface area contributed by atoms with E-state index in [9.17, 15) is 9.59 Å². The van der Waals surface area contributed by atoms with Crippen molar-refractivity contribution in [2.45, 2.75) is 52.0 Å². The predicted molar refractivity (Wildman–Crippen MR) is 86.5 cm³/mol. The number of rotatable bonds is 5. The minimum absolute atomic E-state index is 0.00170. The van der Waals surface area contributed by atoms with Crippen molar-refractivity contribution in [3.8, 4) is 0 Å². The molecule has 0 bridgehead atoms. The molecule has 2 amide bonds. The summed E-state index contributed by atoms with van der Waals surface area (Å²) in [4.78, 5) is 23.5. The van der Waals surface area contributed by atoms with Crippen molar-refractivity contribution >= 4 is 17.5 Å². The number of hydrogen-bond acceptors (Lipinski definition) is 2. The third-order valence-electron chi connectivity index (χ3n) is 4.84. The second-order valence-corrected chi connectivity index (χ2v) is 6.77. The molecule has 1 fully saturated rings. The molecular weight excluding hydrogens is 276 g/mol. The van der Waals surface area contributed by atoms with Crippen molar-refractivity contribution in [2.24, 2.45) is 11.8 Å². The zero-order valence-electron chi connectivity index (χ0n) is 13.3. The van der Waals surface area contributed by atoms with Crippen molar-refractivity contribution in [3.05, 3.63) is 29.3 Å². The van der Waals surface area contributed by atoms with Gasteiger partial charge < -0.3 is 10.6 Å². The van der Waals surface area contributed by atoms with Gasteiger partial charge in [-0.1, -0.05) is 19.1 Å². The fourth-order valence-corrected chi connectivity index (χ4v) is 3.18. The van der Waals surface area contributed by atoms with Crippen LogP contribution in [0.2, 0.25) is 0 Å². The first-order valence-corrected chi connectivity index (χ1v) is 8.25. The van der Waals surface area contributed by atoms with Crippen LogP contribution in [-0.2, 0) is 16.0 Å². The van der Waals surface area contributed by atoms with Crippen molar-refractivity contribution in [1.82, 2.24) is 5.32 Å². The molecule has 0 radical (unpaired) electrons. The molecule has 4 heteroatoms. The monoisotopic (exact) mass is 300 g/mol. The van der Waals surface area contributed by atoms with E-state index in [-0.39, 0.29) is 17.9 Å². The number of anilines is 1. The number of nitrogens with one attached hydrogen (secondary N) is 2. The molecule has 1 heterocycles. The first-order valence-electron chi connectivity index (χ1n) is 8.25. The van der Waals surface area contributed by atoms with E-state index in [1.165, 1.54) is 12.8 Å². The zero-order chi connectivity index (χ0) is 15.7. The van der Waals surface area contributed by atoms with Gasteiger partial charge >= 0.3 is 0 Å². The zero-order valence-corrected chi connectivity index (χ0v) is 13.3. The molecule has 0 aromatic heterocycles. The maximum absolute atomic E-state index is 12.1. The number of carbonyl (C=O) groups is 2. The van der Waals surface area contributed by atoms with Crippen molar-refractivity contribution in [2.75, 3.05) is 5.32 Å².